The fraction of sp³-hybridized carbons (Fsp3) is 0.222. The fourth-order valence-electron chi connectivity index (χ4n) is 2.79. The van der Waals surface area contributed by atoms with Gasteiger partial charge in [-0.25, -0.2) is 18.5 Å². The van der Waals surface area contributed by atoms with E-state index >= 15 is 0 Å². The second-order valence-corrected chi connectivity index (χ2v) is 5.92. The minimum atomic E-state index is -1.25. The van der Waals surface area contributed by atoms with Gasteiger partial charge in [-0.1, -0.05) is 6.07 Å². The average molecular weight is 408 g/mol. The van der Waals surface area contributed by atoms with E-state index < -0.39 is 47.5 Å². The van der Waals surface area contributed by atoms with Crippen LogP contribution in [0.5, 0.6) is 5.75 Å². The summed E-state index contributed by atoms with van der Waals surface area (Å²) in [6.45, 7) is -0.506. The fourth-order valence-corrected chi connectivity index (χ4v) is 2.79. The van der Waals surface area contributed by atoms with Crippen molar-refractivity contribution in [2.24, 2.45) is 0 Å². The van der Waals surface area contributed by atoms with Gasteiger partial charge in [0.1, 0.15) is 18.4 Å². The second-order valence-electron chi connectivity index (χ2n) is 5.92. The number of amides is 2. The summed E-state index contributed by atoms with van der Waals surface area (Å²) >= 11 is 0. The van der Waals surface area contributed by atoms with Crippen LogP contribution in [0.4, 0.5) is 19.3 Å². The van der Waals surface area contributed by atoms with Crippen molar-refractivity contribution in [3.8, 4) is 5.75 Å². The van der Waals surface area contributed by atoms with Gasteiger partial charge < -0.3 is 14.2 Å². The number of methoxy groups -OCH3 is 1. The smallest absolute Gasteiger partial charge is 0.410 e. The number of halogens is 2. The number of hydrogen-bond donors (Lipinski definition) is 0. The Labute approximate surface area is 162 Å². The predicted molar refractivity (Wildman–Crippen MR) is 91.8 cm³/mol. The summed E-state index contributed by atoms with van der Waals surface area (Å²) in [6, 6.07) is 6.20. The van der Waals surface area contributed by atoms with Gasteiger partial charge in [-0.15, -0.1) is 0 Å². The zero-order valence-electron chi connectivity index (χ0n) is 14.9. The number of nitro benzene ring substituents is 1. The molecule has 2 aromatic carbocycles. The first-order valence-electron chi connectivity index (χ1n) is 8.19. The molecule has 1 heterocycles. The Hall–Kier alpha value is -3.44. The van der Waals surface area contributed by atoms with Crippen LogP contribution in [0.15, 0.2) is 42.5 Å². The molecule has 2 amide bonds. The van der Waals surface area contributed by atoms with Crippen molar-refractivity contribution in [2.45, 2.75) is 12.3 Å². The predicted octanol–water partition coefficient (Wildman–Crippen LogP) is 2.94. The van der Waals surface area contributed by atoms with Gasteiger partial charge in [-0.2, -0.15) is 0 Å². The molecule has 0 N–H and O–H groups in total. The summed E-state index contributed by atoms with van der Waals surface area (Å²) in [5.74, 6) is -3.14. The van der Waals surface area contributed by atoms with Crippen molar-refractivity contribution in [2.75, 3.05) is 13.7 Å². The highest BCUT2D eigenvalue weighted by molar-refractivity contribution is 5.94. The molecule has 0 spiro atoms. The number of imide groups is 1. The van der Waals surface area contributed by atoms with E-state index in [9.17, 15) is 28.5 Å². The molecule has 2 unspecified atom stereocenters. The topological polar surface area (TPSA) is 108 Å². The van der Waals surface area contributed by atoms with Crippen molar-refractivity contribution in [3.63, 3.8) is 0 Å². The van der Waals surface area contributed by atoms with Gasteiger partial charge in [-0.05, 0) is 29.8 Å². The third-order valence-electron chi connectivity index (χ3n) is 4.14. The zero-order valence-corrected chi connectivity index (χ0v) is 14.9. The summed E-state index contributed by atoms with van der Waals surface area (Å²) in [5.41, 5.74) is -0.171. The van der Waals surface area contributed by atoms with Crippen molar-refractivity contribution in [1.29, 1.82) is 0 Å². The van der Waals surface area contributed by atoms with E-state index in [0.29, 0.717) is 4.90 Å². The Morgan fingerprint density at radius 2 is 1.90 bits per heavy atom. The first kappa shape index (κ1) is 20.3. The summed E-state index contributed by atoms with van der Waals surface area (Å²) in [5, 5.41) is 10.7. The Morgan fingerprint density at radius 3 is 2.48 bits per heavy atom. The monoisotopic (exact) mass is 408 g/mol. The lowest BCUT2D eigenvalue weighted by Crippen LogP contribution is -2.53. The van der Waals surface area contributed by atoms with Gasteiger partial charge in [0, 0.05) is 19.2 Å². The van der Waals surface area contributed by atoms with E-state index in [1.165, 1.54) is 25.3 Å². The van der Waals surface area contributed by atoms with Crippen LogP contribution in [0.3, 0.4) is 0 Å². The van der Waals surface area contributed by atoms with Crippen LogP contribution in [0.25, 0.3) is 0 Å². The van der Waals surface area contributed by atoms with Crippen LogP contribution < -0.4 is 4.74 Å². The van der Waals surface area contributed by atoms with Gasteiger partial charge in [0.05, 0.1) is 4.92 Å². The molecule has 0 bridgehead atoms. The van der Waals surface area contributed by atoms with Crippen LogP contribution >= 0.6 is 0 Å². The van der Waals surface area contributed by atoms with Crippen LogP contribution in [0.2, 0.25) is 0 Å². The highest BCUT2D eigenvalue weighted by Crippen LogP contribution is 2.32. The van der Waals surface area contributed by atoms with Crippen LogP contribution in [0.1, 0.15) is 11.6 Å². The van der Waals surface area contributed by atoms with E-state index in [0.717, 1.165) is 24.3 Å². The van der Waals surface area contributed by atoms with Gasteiger partial charge in [0.25, 0.3) is 11.6 Å². The Morgan fingerprint density at radius 1 is 1.21 bits per heavy atom. The second kappa shape index (κ2) is 8.29. The molecule has 1 aliphatic rings. The summed E-state index contributed by atoms with van der Waals surface area (Å²) in [7, 11) is 1.26. The Kier molecular flexibility index (Phi) is 5.80. The Bertz CT molecular complexity index is 952. The molecule has 0 radical (unpaired) electrons. The summed E-state index contributed by atoms with van der Waals surface area (Å²) in [6.07, 6.45) is -2.29. The van der Waals surface area contributed by atoms with Gasteiger partial charge in [0.2, 0.25) is 0 Å². The highest BCUT2D eigenvalue weighted by atomic mass is 19.2. The van der Waals surface area contributed by atoms with E-state index in [4.69, 9.17) is 14.2 Å². The summed E-state index contributed by atoms with van der Waals surface area (Å²) < 4.78 is 42.5. The van der Waals surface area contributed by atoms with Gasteiger partial charge >= 0.3 is 6.09 Å². The number of carbonyl (C=O) groups excluding carboxylic acids is 2. The first-order valence-corrected chi connectivity index (χ1v) is 8.19. The maximum absolute atomic E-state index is 13.7. The molecular weight excluding hydrogens is 394 g/mol. The molecule has 2 aromatic rings. The number of benzene rings is 2. The molecule has 29 heavy (non-hydrogen) atoms. The molecule has 1 aliphatic heterocycles. The lowest BCUT2D eigenvalue weighted by Gasteiger charge is -2.38. The molecule has 0 aromatic heterocycles. The van der Waals surface area contributed by atoms with Gasteiger partial charge in [-0.3, -0.25) is 14.9 Å². The quantitative estimate of drug-likeness (QED) is 0.565. The third-order valence-corrected chi connectivity index (χ3v) is 4.14. The minimum Gasteiger partial charge on any atom is -0.410 e. The lowest BCUT2D eigenvalue weighted by molar-refractivity contribution is -0.384. The molecule has 0 saturated carbocycles. The highest BCUT2D eigenvalue weighted by Gasteiger charge is 2.43. The summed E-state index contributed by atoms with van der Waals surface area (Å²) in [4.78, 5) is 35.8. The maximum Gasteiger partial charge on any atom is 0.422 e. The number of rotatable bonds is 4. The molecule has 1 saturated heterocycles. The molecule has 152 valence electrons. The number of nitrogens with zero attached hydrogens (tertiary/aromatic N) is 2. The molecule has 3 rings (SSSR count). The molecule has 1 fully saturated rings. The SMILES string of the molecule is COC1OCC(=O)N(C(=O)Oc2ccc([N+](=O)[O-])cc2)C1c1ccc(F)c(F)c1. The number of morpholine rings is 1. The van der Waals surface area contributed by atoms with Crippen molar-refractivity contribution >= 4 is 17.7 Å². The number of ether oxygens (including phenoxy) is 3. The van der Waals surface area contributed by atoms with Gasteiger partial charge in [0.15, 0.2) is 17.9 Å². The van der Waals surface area contributed by atoms with Crippen LogP contribution in [0, 0.1) is 21.7 Å². The first-order chi connectivity index (χ1) is 13.8. The van der Waals surface area contributed by atoms with E-state index in [2.05, 4.69) is 0 Å². The molecule has 9 nitrogen and oxygen atoms in total. The van der Waals surface area contributed by atoms with Crippen molar-refractivity contribution < 1.29 is 37.5 Å². The number of nitro groups is 1. The zero-order chi connectivity index (χ0) is 21.1. The molecule has 2 atom stereocenters. The number of hydrogen-bond acceptors (Lipinski definition) is 7. The standard InChI is InChI=1S/C18H14F2N2O7/c1-27-17-16(10-2-7-13(19)14(20)8-10)21(15(23)9-28-17)18(24)29-12-5-3-11(4-6-12)22(25)26/h2-8,16-17H,9H2,1H3. The number of carbonyl (C=O) groups is 2. The molecule has 0 aliphatic carbocycles. The number of non-ortho nitro benzene ring substituents is 1. The van der Waals surface area contributed by atoms with E-state index in [1.807, 2.05) is 0 Å². The Balaban J connectivity index is 1.91. The largest absolute Gasteiger partial charge is 0.422 e. The van der Waals surface area contributed by atoms with Crippen molar-refractivity contribution in [3.05, 3.63) is 69.8 Å². The van der Waals surface area contributed by atoms with E-state index in [-0.39, 0.29) is 17.0 Å². The minimum absolute atomic E-state index is 0.0458. The molecule has 11 heteroatoms. The molecular formula is C18H14F2N2O7. The third kappa shape index (κ3) is 4.20. The van der Waals surface area contributed by atoms with E-state index in [1.54, 1.807) is 0 Å². The van der Waals surface area contributed by atoms with Crippen LogP contribution in [-0.2, 0) is 14.3 Å². The van der Waals surface area contributed by atoms with Crippen molar-refractivity contribution in [1.82, 2.24) is 4.90 Å². The lowest BCUT2D eigenvalue weighted by atomic mass is 10.0. The normalized spacial score (nSPS) is 19.1. The average Bonchev–Trinajstić information content (AvgIpc) is 2.70. The maximum atomic E-state index is 13.7. The van der Waals surface area contributed by atoms with Crippen LogP contribution in [-0.4, -0.2) is 41.8 Å².